The predicted molar refractivity (Wildman–Crippen MR) is 86.6 cm³/mol. The number of likely N-dealkylation sites (tertiary alicyclic amines) is 1. The van der Waals surface area contributed by atoms with Crippen LogP contribution in [-0.4, -0.2) is 31.6 Å². The number of hydrogen-bond donors (Lipinski definition) is 1. The van der Waals surface area contributed by atoms with Crippen LogP contribution in [0.5, 0.6) is 5.75 Å². The lowest BCUT2D eigenvalue weighted by molar-refractivity contribution is 0.0823. The maximum Gasteiger partial charge on any atom is 0.119 e. The Kier molecular flexibility index (Phi) is 4.51. The molecule has 0 spiro atoms. The Bertz CT molecular complexity index is 488. The zero-order valence-electron chi connectivity index (χ0n) is 13.3. The Morgan fingerprint density at radius 3 is 2.95 bits per heavy atom. The molecule has 116 valence electrons. The van der Waals surface area contributed by atoms with E-state index in [-0.39, 0.29) is 0 Å². The maximum absolute atomic E-state index is 5.98. The number of nitrogens with zero attached hydrogens (tertiary/aromatic N) is 1. The van der Waals surface area contributed by atoms with Crippen molar-refractivity contribution in [2.24, 2.45) is 17.6 Å². The number of nitrogens with two attached hydrogens (primary N) is 1. The van der Waals surface area contributed by atoms with E-state index < -0.39 is 0 Å². The summed E-state index contributed by atoms with van der Waals surface area (Å²) in [6.45, 7) is 5.53. The fourth-order valence-electron chi connectivity index (χ4n) is 4.03. The average Bonchev–Trinajstić information content (AvgIpc) is 2.54. The summed E-state index contributed by atoms with van der Waals surface area (Å²) in [6, 6.07) is 7.18. The highest BCUT2D eigenvalue weighted by molar-refractivity contribution is 5.39. The van der Waals surface area contributed by atoms with Crippen LogP contribution < -0.4 is 10.5 Å². The molecule has 0 aromatic heterocycles. The van der Waals surface area contributed by atoms with Gasteiger partial charge in [-0.2, -0.15) is 0 Å². The molecule has 3 atom stereocenters. The van der Waals surface area contributed by atoms with Crippen LogP contribution in [0.25, 0.3) is 0 Å². The van der Waals surface area contributed by atoms with Crippen LogP contribution in [0.3, 0.4) is 0 Å². The molecule has 0 bridgehead atoms. The van der Waals surface area contributed by atoms with Gasteiger partial charge in [0.1, 0.15) is 5.75 Å². The molecule has 21 heavy (non-hydrogen) atoms. The highest BCUT2D eigenvalue weighted by Gasteiger charge is 2.32. The quantitative estimate of drug-likeness (QED) is 0.929. The smallest absolute Gasteiger partial charge is 0.119 e. The van der Waals surface area contributed by atoms with E-state index in [1.54, 1.807) is 7.11 Å². The third-order valence-electron chi connectivity index (χ3n) is 5.52. The molecular weight excluding hydrogens is 260 g/mol. The molecule has 1 aromatic carbocycles. The standard InChI is InChI=1S/C18H28N2O/c1-13-8-9-20(12-15(13)11-19)18-5-3-4-14-6-7-16(21-2)10-17(14)18/h6-7,10,13,15,18H,3-5,8-9,11-12,19H2,1-2H3. The first-order chi connectivity index (χ1) is 10.2. The number of methoxy groups -OCH3 is 1. The molecule has 3 unspecified atom stereocenters. The molecule has 0 amide bonds. The van der Waals surface area contributed by atoms with Gasteiger partial charge in [0.05, 0.1) is 7.11 Å². The Balaban J connectivity index is 1.84. The van der Waals surface area contributed by atoms with Crippen LogP contribution in [0.2, 0.25) is 0 Å². The van der Waals surface area contributed by atoms with Crippen molar-refractivity contribution < 1.29 is 4.74 Å². The molecule has 1 saturated heterocycles. The van der Waals surface area contributed by atoms with Crippen molar-refractivity contribution in [2.75, 3.05) is 26.7 Å². The summed E-state index contributed by atoms with van der Waals surface area (Å²) in [5.41, 5.74) is 8.98. The van der Waals surface area contributed by atoms with Crippen LogP contribution in [0.15, 0.2) is 18.2 Å². The maximum atomic E-state index is 5.98. The van der Waals surface area contributed by atoms with Crippen LogP contribution in [0.1, 0.15) is 43.4 Å². The number of hydrogen-bond acceptors (Lipinski definition) is 3. The van der Waals surface area contributed by atoms with Crippen molar-refractivity contribution in [3.63, 3.8) is 0 Å². The fraction of sp³-hybridized carbons (Fsp3) is 0.667. The average molecular weight is 288 g/mol. The summed E-state index contributed by atoms with van der Waals surface area (Å²) < 4.78 is 5.44. The lowest BCUT2D eigenvalue weighted by atomic mass is 9.82. The molecule has 2 aliphatic rings. The van der Waals surface area contributed by atoms with E-state index in [2.05, 4.69) is 30.0 Å². The lowest BCUT2D eigenvalue weighted by Gasteiger charge is -2.43. The largest absolute Gasteiger partial charge is 0.497 e. The molecule has 1 aliphatic carbocycles. The minimum absolute atomic E-state index is 0.561. The highest BCUT2D eigenvalue weighted by atomic mass is 16.5. The number of ether oxygens (including phenoxy) is 1. The summed E-state index contributed by atoms with van der Waals surface area (Å²) in [7, 11) is 1.76. The number of piperidine rings is 1. The molecule has 3 nitrogen and oxygen atoms in total. The SMILES string of the molecule is COc1ccc2c(c1)C(N1CCC(C)C(CN)C1)CCC2. The normalized spacial score (nSPS) is 30.0. The second kappa shape index (κ2) is 6.37. The topological polar surface area (TPSA) is 38.5 Å². The number of rotatable bonds is 3. The lowest BCUT2D eigenvalue weighted by Crippen LogP contribution is -2.44. The van der Waals surface area contributed by atoms with Gasteiger partial charge in [-0.05, 0) is 73.9 Å². The first kappa shape index (κ1) is 14.9. The van der Waals surface area contributed by atoms with Crippen LogP contribution in [0.4, 0.5) is 0 Å². The Morgan fingerprint density at radius 2 is 2.19 bits per heavy atom. The van der Waals surface area contributed by atoms with E-state index >= 15 is 0 Å². The monoisotopic (exact) mass is 288 g/mol. The van der Waals surface area contributed by atoms with Crippen LogP contribution in [0, 0.1) is 11.8 Å². The van der Waals surface area contributed by atoms with E-state index in [9.17, 15) is 0 Å². The second-order valence-corrected chi connectivity index (χ2v) is 6.73. The van der Waals surface area contributed by atoms with E-state index in [0.29, 0.717) is 12.0 Å². The third-order valence-corrected chi connectivity index (χ3v) is 5.52. The second-order valence-electron chi connectivity index (χ2n) is 6.73. The van der Waals surface area contributed by atoms with Gasteiger partial charge in [-0.3, -0.25) is 4.90 Å². The van der Waals surface area contributed by atoms with Gasteiger partial charge in [0.15, 0.2) is 0 Å². The summed E-state index contributed by atoms with van der Waals surface area (Å²) in [4.78, 5) is 2.68. The molecule has 1 aliphatic heterocycles. The van der Waals surface area contributed by atoms with Crippen molar-refractivity contribution in [2.45, 2.75) is 38.6 Å². The van der Waals surface area contributed by atoms with Crippen LogP contribution >= 0.6 is 0 Å². The Hall–Kier alpha value is -1.06. The van der Waals surface area contributed by atoms with Gasteiger partial charge in [-0.1, -0.05) is 13.0 Å². The number of benzene rings is 1. The molecule has 3 rings (SSSR count). The van der Waals surface area contributed by atoms with Gasteiger partial charge in [0.25, 0.3) is 0 Å². The molecule has 3 heteroatoms. The molecule has 0 saturated carbocycles. The van der Waals surface area contributed by atoms with Gasteiger partial charge in [0, 0.05) is 12.6 Å². The Morgan fingerprint density at radius 1 is 1.33 bits per heavy atom. The minimum atomic E-state index is 0.561. The summed E-state index contributed by atoms with van der Waals surface area (Å²) in [5, 5.41) is 0. The van der Waals surface area contributed by atoms with Crippen molar-refractivity contribution in [3.8, 4) is 5.75 Å². The highest BCUT2D eigenvalue weighted by Crippen LogP contribution is 2.38. The molecule has 1 fully saturated rings. The molecule has 1 aromatic rings. The zero-order valence-corrected chi connectivity index (χ0v) is 13.3. The van der Waals surface area contributed by atoms with Gasteiger partial charge >= 0.3 is 0 Å². The molecule has 2 N–H and O–H groups in total. The summed E-state index contributed by atoms with van der Waals surface area (Å²) in [5.74, 6) is 2.40. The number of fused-ring (bicyclic) bond motifs is 1. The van der Waals surface area contributed by atoms with Gasteiger partial charge in [-0.25, -0.2) is 0 Å². The fourth-order valence-corrected chi connectivity index (χ4v) is 4.03. The van der Waals surface area contributed by atoms with Crippen molar-refractivity contribution in [1.29, 1.82) is 0 Å². The van der Waals surface area contributed by atoms with E-state index in [0.717, 1.165) is 24.8 Å². The predicted octanol–water partition coefficient (Wildman–Crippen LogP) is 2.99. The van der Waals surface area contributed by atoms with Crippen molar-refractivity contribution in [1.82, 2.24) is 4.90 Å². The summed E-state index contributed by atoms with van der Waals surface area (Å²) in [6.07, 6.45) is 5.05. The van der Waals surface area contributed by atoms with Gasteiger partial charge in [-0.15, -0.1) is 0 Å². The minimum Gasteiger partial charge on any atom is -0.497 e. The molecule has 1 heterocycles. The van der Waals surface area contributed by atoms with E-state index in [4.69, 9.17) is 10.5 Å². The first-order valence-corrected chi connectivity index (χ1v) is 8.34. The van der Waals surface area contributed by atoms with Crippen molar-refractivity contribution >= 4 is 0 Å². The Labute approximate surface area is 128 Å². The van der Waals surface area contributed by atoms with Crippen molar-refractivity contribution in [3.05, 3.63) is 29.3 Å². The van der Waals surface area contributed by atoms with Crippen LogP contribution in [-0.2, 0) is 6.42 Å². The van der Waals surface area contributed by atoms with E-state index in [1.807, 2.05) is 0 Å². The summed E-state index contributed by atoms with van der Waals surface area (Å²) >= 11 is 0. The zero-order chi connectivity index (χ0) is 14.8. The van der Waals surface area contributed by atoms with E-state index in [1.165, 1.54) is 43.4 Å². The third kappa shape index (κ3) is 2.95. The number of aryl methyl sites for hydroxylation is 1. The van der Waals surface area contributed by atoms with Gasteiger partial charge < -0.3 is 10.5 Å². The molecule has 0 radical (unpaired) electrons. The first-order valence-electron chi connectivity index (χ1n) is 8.34. The van der Waals surface area contributed by atoms with Gasteiger partial charge in [0.2, 0.25) is 0 Å². The molecular formula is C18H28N2O.